The minimum Gasteiger partial charge on any atom is -1.00 e. The molecular weight excluding hydrogens is 877 g/mol. The van der Waals surface area contributed by atoms with Crippen molar-refractivity contribution in [1.82, 2.24) is 0 Å². The molecule has 0 amide bonds. The van der Waals surface area contributed by atoms with Gasteiger partial charge in [-0.3, -0.25) is 12.2 Å². The Hall–Kier alpha value is -0.584. The van der Waals surface area contributed by atoms with Crippen molar-refractivity contribution in [2.24, 2.45) is 21.7 Å². The maximum absolute atomic E-state index is 3.48. The molecule has 0 aliphatic heterocycles. The van der Waals surface area contributed by atoms with Gasteiger partial charge >= 0.3 is 61.1 Å². The van der Waals surface area contributed by atoms with E-state index in [-0.39, 0.29) is 97.5 Å². The van der Waals surface area contributed by atoms with Crippen LogP contribution in [0.2, 0.25) is 0 Å². The van der Waals surface area contributed by atoms with Crippen LogP contribution in [0.4, 0.5) is 0 Å². The van der Waals surface area contributed by atoms with Gasteiger partial charge in [0.05, 0.1) is 0 Å². The Labute approximate surface area is 377 Å². The summed E-state index contributed by atoms with van der Waals surface area (Å²) in [6.45, 7) is 29.3. The molecule has 6 heteroatoms. The fourth-order valence-corrected chi connectivity index (χ4v) is 5.75. The van der Waals surface area contributed by atoms with Crippen molar-refractivity contribution in [1.29, 1.82) is 0 Å². The van der Waals surface area contributed by atoms with E-state index in [1.54, 1.807) is 0 Å². The smallest absolute Gasteiger partial charge is 1.00 e. The molecule has 0 saturated heterocycles. The Morgan fingerprint density at radius 1 is 0.519 bits per heavy atom. The second-order valence-electron chi connectivity index (χ2n) is 16.3. The number of benzene rings is 2. The molecule has 0 N–H and O–H groups in total. The number of hydrogen-bond donors (Lipinski definition) is 0. The van der Waals surface area contributed by atoms with E-state index in [9.17, 15) is 0 Å². The van der Waals surface area contributed by atoms with Gasteiger partial charge in [-0.1, -0.05) is 106 Å². The van der Waals surface area contributed by atoms with E-state index >= 15 is 0 Å². The molecule has 0 nitrogen and oxygen atoms in total. The van der Waals surface area contributed by atoms with E-state index in [0.717, 1.165) is 12.8 Å². The number of allylic oxidation sites excluding steroid dienone is 8. The summed E-state index contributed by atoms with van der Waals surface area (Å²) in [6.07, 6.45) is 13.6. The van der Waals surface area contributed by atoms with Crippen molar-refractivity contribution in [3.63, 3.8) is 0 Å². The number of fused-ring (bicyclic) bond motifs is 2. The first-order chi connectivity index (χ1) is 21.8. The van der Waals surface area contributed by atoms with Crippen LogP contribution in [0.5, 0.6) is 0 Å². The van der Waals surface area contributed by atoms with Crippen molar-refractivity contribution < 1.29 is 100 Å². The van der Waals surface area contributed by atoms with E-state index in [2.05, 4.69) is 196 Å². The monoisotopic (exact) mass is 932 g/mol. The average molecular weight is 937 g/mol. The molecule has 0 radical (unpaired) electrons. The van der Waals surface area contributed by atoms with Crippen LogP contribution in [0.15, 0.2) is 119 Å². The van der Waals surface area contributed by atoms with E-state index < -0.39 is 0 Å². The molecule has 282 valence electrons. The van der Waals surface area contributed by atoms with Crippen LogP contribution in [-0.2, 0) is 50.4 Å². The van der Waals surface area contributed by atoms with E-state index in [1.807, 2.05) is 6.92 Å². The first-order valence-electron chi connectivity index (χ1n) is 17.1. The normalized spacial score (nSPS) is 13.1. The second kappa shape index (κ2) is 26.3. The minimum atomic E-state index is 0. The molecular formula is C46H60Cl4Zr2-2. The van der Waals surface area contributed by atoms with Gasteiger partial charge in [0.25, 0.3) is 0 Å². The third-order valence-corrected chi connectivity index (χ3v) is 7.92. The molecule has 6 rings (SSSR count). The Balaban J connectivity index is -0.000000281. The minimum absolute atomic E-state index is 0. The molecule has 2 aliphatic rings. The maximum Gasteiger partial charge on any atom is 4.00 e. The average Bonchev–Trinajstić information content (AvgIpc) is 3.79. The topological polar surface area (TPSA) is 0 Å². The first kappa shape index (κ1) is 58.1. The first-order valence-corrected chi connectivity index (χ1v) is 18.5. The zero-order chi connectivity index (χ0) is 35.5. The molecule has 4 aromatic carbocycles. The van der Waals surface area contributed by atoms with Crippen LogP contribution in [0, 0.1) is 33.8 Å². The fourth-order valence-electron chi connectivity index (χ4n) is 5.75. The van der Waals surface area contributed by atoms with Crippen molar-refractivity contribution in [3.8, 4) is 0 Å². The summed E-state index contributed by atoms with van der Waals surface area (Å²) in [5.41, 5.74) is 6.84. The molecule has 0 heterocycles. The van der Waals surface area contributed by atoms with Gasteiger partial charge in [-0.2, -0.15) is 58.3 Å². The second-order valence-corrected chi connectivity index (χ2v) is 17.8. The zero-order valence-corrected chi connectivity index (χ0v) is 41.7. The summed E-state index contributed by atoms with van der Waals surface area (Å²) in [7, 11) is 0. The van der Waals surface area contributed by atoms with Crippen LogP contribution in [0.25, 0.3) is 21.5 Å². The Bertz CT molecular complexity index is 1450. The molecule has 0 spiro atoms. The van der Waals surface area contributed by atoms with E-state index in [1.165, 1.54) is 68.1 Å². The third kappa shape index (κ3) is 19.3. The largest absolute Gasteiger partial charge is 4.00 e. The van der Waals surface area contributed by atoms with Gasteiger partial charge < -0.3 is 49.6 Å². The fraction of sp³-hybridized carbons (Fsp3) is 0.413. The summed E-state index contributed by atoms with van der Waals surface area (Å²) < 4.78 is 2.09. The predicted molar refractivity (Wildman–Crippen MR) is 208 cm³/mol. The SMILES string of the molecule is CC(C)(C)C1=[C-]CC=C1C(C)(C)C.CC(C)(C)C1=[C-]CC=C1C(C)(C)C.C[CH]=[Zr+2].[Cl-].[Cl-].[Cl-].[Cl-].[Zr+4].c1ccc2[cH-]ccc2c1.c1ccc2[cH-]ccc2c1. The zero-order valence-electron chi connectivity index (χ0n) is 33.7. The van der Waals surface area contributed by atoms with Gasteiger partial charge in [0.2, 0.25) is 0 Å². The molecule has 4 aromatic rings. The van der Waals surface area contributed by atoms with Crippen LogP contribution < -0.4 is 49.6 Å². The molecule has 0 atom stereocenters. The van der Waals surface area contributed by atoms with Crippen LogP contribution in [-0.4, -0.2) is 3.71 Å². The van der Waals surface area contributed by atoms with Crippen molar-refractivity contribution in [2.75, 3.05) is 0 Å². The third-order valence-electron chi connectivity index (χ3n) is 7.92. The van der Waals surface area contributed by atoms with Gasteiger partial charge in [0, 0.05) is 0 Å². The van der Waals surface area contributed by atoms with E-state index in [4.69, 9.17) is 0 Å². The summed E-state index contributed by atoms with van der Waals surface area (Å²) in [4.78, 5) is 0. The van der Waals surface area contributed by atoms with Gasteiger partial charge in [0.1, 0.15) is 0 Å². The van der Waals surface area contributed by atoms with Gasteiger partial charge in [-0.05, 0) is 10.8 Å². The van der Waals surface area contributed by atoms with E-state index in [0.29, 0.717) is 0 Å². The van der Waals surface area contributed by atoms with Crippen LogP contribution in [0.1, 0.15) is 103 Å². The van der Waals surface area contributed by atoms with Crippen molar-refractivity contribution in [3.05, 3.63) is 132 Å². The quantitative estimate of drug-likeness (QED) is 0.237. The molecule has 0 aromatic heterocycles. The Kier molecular flexibility index (Phi) is 29.4. The molecule has 2 aliphatic carbocycles. The Morgan fingerprint density at radius 2 is 0.808 bits per heavy atom. The summed E-state index contributed by atoms with van der Waals surface area (Å²) in [5, 5.41) is 5.32. The van der Waals surface area contributed by atoms with Gasteiger partial charge in [-0.15, -0.1) is 72.1 Å². The van der Waals surface area contributed by atoms with Crippen LogP contribution >= 0.6 is 0 Å². The number of halogens is 4. The predicted octanol–water partition coefficient (Wildman–Crippen LogP) is 1.76. The maximum atomic E-state index is 3.48. The molecule has 0 saturated carbocycles. The summed E-state index contributed by atoms with van der Waals surface area (Å²) >= 11 is 1.51. The number of rotatable bonds is 0. The van der Waals surface area contributed by atoms with Gasteiger partial charge in [0.15, 0.2) is 0 Å². The summed E-state index contributed by atoms with van der Waals surface area (Å²) in [5.74, 6) is 0. The van der Waals surface area contributed by atoms with Crippen molar-refractivity contribution >= 4 is 25.3 Å². The van der Waals surface area contributed by atoms with Gasteiger partial charge in [-0.25, -0.2) is 11.1 Å². The molecule has 0 fully saturated rings. The van der Waals surface area contributed by atoms with Crippen molar-refractivity contribution in [2.45, 2.75) is 103 Å². The number of hydrogen-bond acceptors (Lipinski definition) is 0. The Morgan fingerprint density at radius 3 is 1.04 bits per heavy atom. The van der Waals surface area contributed by atoms with Crippen LogP contribution in [0.3, 0.4) is 0 Å². The standard InChI is InChI=1S/2C13H21.2C9H7.C2H4.4ClH.2Zr/c2*1-12(2,3)10-8-7-9-11(10)13(4,5)6;2*1-2-5-9-7-3-6-8(9)4-1;1-2;;;;;;/h2*8H,7H2,1-6H3;2*1-7H;1H,2H3;4*1H;;/q4*-1;;;;;;+2;+4/p-4. The summed E-state index contributed by atoms with van der Waals surface area (Å²) in [6, 6.07) is 29.3. The molecule has 0 unspecified atom stereocenters. The molecule has 0 bridgehead atoms. The molecule has 52 heavy (non-hydrogen) atoms.